The molecule has 0 saturated heterocycles. The van der Waals surface area contributed by atoms with Gasteiger partial charge < -0.3 is 9.47 Å². The van der Waals surface area contributed by atoms with Crippen LogP contribution in [0.5, 0.6) is 0 Å². The van der Waals surface area contributed by atoms with Crippen LogP contribution < -0.4 is 0 Å². The summed E-state index contributed by atoms with van der Waals surface area (Å²) in [5.41, 5.74) is -0.767. The van der Waals surface area contributed by atoms with E-state index in [1.807, 2.05) is 6.92 Å². The third-order valence-corrected chi connectivity index (χ3v) is 5.23. The van der Waals surface area contributed by atoms with Crippen molar-refractivity contribution in [2.45, 2.75) is 57.5 Å². The Bertz CT molecular complexity index is 383. The van der Waals surface area contributed by atoms with Crippen molar-refractivity contribution < 1.29 is 23.0 Å². The lowest BCUT2D eigenvalue weighted by Gasteiger charge is -2.60. The first-order valence-corrected chi connectivity index (χ1v) is 7.56. The van der Waals surface area contributed by atoms with Gasteiger partial charge in [0.25, 0.3) is 6.43 Å². The van der Waals surface area contributed by atoms with Crippen molar-refractivity contribution >= 4 is 5.97 Å². The van der Waals surface area contributed by atoms with Crippen LogP contribution in [0.3, 0.4) is 0 Å². The zero-order chi connectivity index (χ0) is 14.4. The van der Waals surface area contributed by atoms with E-state index in [0.717, 1.165) is 32.1 Å². The van der Waals surface area contributed by atoms with E-state index in [4.69, 9.17) is 9.47 Å². The smallest absolute Gasteiger partial charge is 0.312 e. The summed E-state index contributed by atoms with van der Waals surface area (Å²) in [5.74, 6) is 0.555. The fourth-order valence-corrected chi connectivity index (χ4v) is 5.18. The number of rotatable bonds is 5. The van der Waals surface area contributed by atoms with E-state index in [1.165, 1.54) is 0 Å². The SMILES string of the molecule is CCOC12CC3CC(C1)CC(C(=O)OCC(F)F)(C3)C2. The van der Waals surface area contributed by atoms with E-state index in [0.29, 0.717) is 24.9 Å². The fourth-order valence-electron chi connectivity index (χ4n) is 5.18. The third kappa shape index (κ3) is 2.34. The second kappa shape index (κ2) is 4.93. The van der Waals surface area contributed by atoms with Crippen LogP contribution >= 0.6 is 0 Å². The van der Waals surface area contributed by atoms with Gasteiger partial charge in [0.05, 0.1) is 11.0 Å². The van der Waals surface area contributed by atoms with Gasteiger partial charge in [-0.3, -0.25) is 4.79 Å². The maximum Gasteiger partial charge on any atom is 0.312 e. The summed E-state index contributed by atoms with van der Waals surface area (Å²) in [7, 11) is 0. The van der Waals surface area contributed by atoms with Crippen LogP contribution in [-0.2, 0) is 14.3 Å². The quantitative estimate of drug-likeness (QED) is 0.729. The zero-order valence-corrected chi connectivity index (χ0v) is 11.9. The highest BCUT2D eigenvalue weighted by Gasteiger charge is 2.61. The summed E-state index contributed by atoms with van der Waals surface area (Å²) in [5, 5.41) is 0. The molecule has 4 fully saturated rings. The summed E-state index contributed by atoms with van der Waals surface area (Å²) in [6.07, 6.45) is 2.83. The molecule has 4 rings (SSSR count). The number of alkyl halides is 2. The lowest BCUT2D eigenvalue weighted by molar-refractivity contribution is -0.210. The number of hydrogen-bond acceptors (Lipinski definition) is 3. The van der Waals surface area contributed by atoms with Crippen molar-refractivity contribution in [1.29, 1.82) is 0 Å². The molecule has 5 heteroatoms. The van der Waals surface area contributed by atoms with Crippen molar-refractivity contribution in [2.75, 3.05) is 13.2 Å². The van der Waals surface area contributed by atoms with Gasteiger partial charge in [0, 0.05) is 6.61 Å². The number of halogens is 2. The minimum Gasteiger partial charge on any atom is -0.459 e. The highest BCUT2D eigenvalue weighted by atomic mass is 19.3. The van der Waals surface area contributed by atoms with Crippen LogP contribution in [0.2, 0.25) is 0 Å². The van der Waals surface area contributed by atoms with Crippen LogP contribution in [0.25, 0.3) is 0 Å². The Morgan fingerprint density at radius 2 is 1.90 bits per heavy atom. The number of carbonyl (C=O) groups is 1. The molecule has 0 N–H and O–H groups in total. The van der Waals surface area contributed by atoms with Gasteiger partial charge in [-0.1, -0.05) is 0 Å². The van der Waals surface area contributed by atoms with E-state index in [-0.39, 0.29) is 5.60 Å². The molecular weight excluding hydrogens is 266 g/mol. The molecule has 0 aliphatic heterocycles. The first-order valence-electron chi connectivity index (χ1n) is 7.56. The standard InChI is InChI=1S/C15H22F2O3/c1-2-20-15-6-10-3-11(7-15)5-14(4-10,9-15)13(18)19-8-12(16)17/h10-12H,2-9H2,1H3. The Morgan fingerprint density at radius 1 is 1.25 bits per heavy atom. The van der Waals surface area contributed by atoms with Crippen LogP contribution in [-0.4, -0.2) is 31.2 Å². The number of ether oxygens (including phenoxy) is 2. The molecule has 0 spiro atoms. The Kier molecular flexibility index (Phi) is 3.51. The minimum absolute atomic E-state index is 0.206. The van der Waals surface area contributed by atoms with E-state index in [2.05, 4.69) is 0 Å². The van der Waals surface area contributed by atoms with Crippen molar-refractivity contribution in [3.8, 4) is 0 Å². The summed E-state index contributed by atoms with van der Waals surface area (Å²) in [4.78, 5) is 12.3. The highest BCUT2D eigenvalue weighted by Crippen LogP contribution is 2.63. The van der Waals surface area contributed by atoms with Crippen LogP contribution in [0.1, 0.15) is 45.4 Å². The van der Waals surface area contributed by atoms with Gasteiger partial charge >= 0.3 is 5.97 Å². The van der Waals surface area contributed by atoms with Crippen molar-refractivity contribution in [3.05, 3.63) is 0 Å². The van der Waals surface area contributed by atoms with Gasteiger partial charge in [-0.2, -0.15) is 0 Å². The molecule has 114 valence electrons. The Labute approximate surface area is 118 Å². The molecule has 4 bridgehead atoms. The molecule has 0 amide bonds. The maximum absolute atomic E-state index is 12.3. The van der Waals surface area contributed by atoms with Crippen LogP contribution in [0.15, 0.2) is 0 Å². The van der Waals surface area contributed by atoms with Crippen molar-refractivity contribution in [2.24, 2.45) is 17.3 Å². The van der Waals surface area contributed by atoms with E-state index in [1.54, 1.807) is 0 Å². The molecule has 4 aliphatic carbocycles. The average Bonchev–Trinajstić information content (AvgIpc) is 2.34. The predicted octanol–water partition coefficient (Wildman–Crippen LogP) is 3.17. The van der Waals surface area contributed by atoms with E-state index < -0.39 is 24.4 Å². The molecular formula is C15H22F2O3. The molecule has 2 unspecified atom stereocenters. The lowest BCUT2D eigenvalue weighted by atomic mass is 9.48. The molecule has 4 aliphatic rings. The molecule has 3 nitrogen and oxygen atoms in total. The van der Waals surface area contributed by atoms with Gasteiger partial charge in [0.15, 0.2) is 6.61 Å². The lowest BCUT2D eigenvalue weighted by Crippen LogP contribution is -2.59. The first-order chi connectivity index (χ1) is 9.47. The third-order valence-electron chi connectivity index (χ3n) is 5.23. The van der Waals surface area contributed by atoms with Gasteiger partial charge in [0.1, 0.15) is 0 Å². The normalized spacial score (nSPS) is 42.2. The first kappa shape index (κ1) is 14.2. The minimum atomic E-state index is -2.59. The van der Waals surface area contributed by atoms with Crippen LogP contribution in [0, 0.1) is 17.3 Å². The molecule has 4 saturated carbocycles. The van der Waals surface area contributed by atoms with E-state index >= 15 is 0 Å². The Balaban J connectivity index is 1.77. The number of esters is 1. The zero-order valence-electron chi connectivity index (χ0n) is 11.9. The van der Waals surface area contributed by atoms with Crippen molar-refractivity contribution in [1.82, 2.24) is 0 Å². The second-order valence-corrected chi connectivity index (χ2v) is 6.85. The van der Waals surface area contributed by atoms with Crippen LogP contribution in [0.4, 0.5) is 8.78 Å². The summed E-state index contributed by atoms with van der Waals surface area (Å²) < 4.78 is 35.4. The second-order valence-electron chi connectivity index (χ2n) is 6.85. The molecule has 0 heterocycles. The fraction of sp³-hybridized carbons (Fsp3) is 0.933. The largest absolute Gasteiger partial charge is 0.459 e. The molecule has 0 aromatic carbocycles. The monoisotopic (exact) mass is 288 g/mol. The Morgan fingerprint density at radius 3 is 2.45 bits per heavy atom. The van der Waals surface area contributed by atoms with Crippen molar-refractivity contribution in [3.63, 3.8) is 0 Å². The van der Waals surface area contributed by atoms with Gasteiger partial charge in [-0.05, 0) is 57.3 Å². The van der Waals surface area contributed by atoms with E-state index in [9.17, 15) is 13.6 Å². The molecule has 0 aromatic heterocycles. The Hall–Kier alpha value is -0.710. The summed E-state index contributed by atoms with van der Waals surface area (Å²) in [6, 6.07) is 0. The molecule has 0 radical (unpaired) electrons. The maximum atomic E-state index is 12.3. The summed E-state index contributed by atoms with van der Waals surface area (Å²) in [6.45, 7) is 1.83. The number of hydrogen-bond donors (Lipinski definition) is 0. The predicted molar refractivity (Wildman–Crippen MR) is 68.4 cm³/mol. The molecule has 2 atom stereocenters. The molecule has 0 aromatic rings. The highest BCUT2D eigenvalue weighted by molar-refractivity contribution is 5.77. The topological polar surface area (TPSA) is 35.5 Å². The van der Waals surface area contributed by atoms with Gasteiger partial charge in [0.2, 0.25) is 0 Å². The number of carbonyl (C=O) groups excluding carboxylic acids is 1. The summed E-state index contributed by atoms with van der Waals surface area (Å²) >= 11 is 0. The van der Waals surface area contributed by atoms with Gasteiger partial charge in [-0.25, -0.2) is 8.78 Å². The average molecular weight is 288 g/mol. The molecule has 20 heavy (non-hydrogen) atoms. The van der Waals surface area contributed by atoms with Gasteiger partial charge in [-0.15, -0.1) is 0 Å².